The summed E-state index contributed by atoms with van der Waals surface area (Å²) >= 11 is 1.64. The summed E-state index contributed by atoms with van der Waals surface area (Å²) in [5.41, 5.74) is 3.88. The van der Waals surface area contributed by atoms with E-state index >= 15 is 0 Å². The van der Waals surface area contributed by atoms with Crippen LogP contribution in [0.15, 0.2) is 42.5 Å². The van der Waals surface area contributed by atoms with Crippen molar-refractivity contribution >= 4 is 33.1 Å². The van der Waals surface area contributed by atoms with Gasteiger partial charge in [0.05, 0.1) is 15.9 Å². The van der Waals surface area contributed by atoms with Gasteiger partial charge in [-0.1, -0.05) is 18.2 Å². The Balaban J connectivity index is 2.15. The topological polar surface area (TPSA) is 42.0 Å². The van der Waals surface area contributed by atoms with Crippen LogP contribution in [0, 0.1) is 6.92 Å². The Morgan fingerprint density at radius 1 is 1.20 bits per heavy atom. The zero-order chi connectivity index (χ0) is 14.1. The molecule has 3 aromatic rings. The molecule has 0 radical (unpaired) electrons. The van der Waals surface area contributed by atoms with Crippen LogP contribution < -0.4 is 5.32 Å². The first-order chi connectivity index (χ1) is 9.63. The van der Waals surface area contributed by atoms with Gasteiger partial charge < -0.3 is 5.32 Å². The standard InChI is InChI=1S/C16H14N2OS/c1-10-7-8-12(14(9-10)17-11(2)19)16-18-13-5-3-4-6-15(13)20-16/h3-9H,1-2H3,(H,17,19). The molecule has 4 heteroatoms. The molecular weight excluding hydrogens is 268 g/mol. The predicted octanol–water partition coefficient (Wildman–Crippen LogP) is 4.23. The summed E-state index contributed by atoms with van der Waals surface area (Å²) in [5, 5.41) is 3.81. The fourth-order valence-electron chi connectivity index (χ4n) is 2.13. The molecule has 0 spiro atoms. The molecule has 3 nitrogen and oxygen atoms in total. The molecule has 20 heavy (non-hydrogen) atoms. The zero-order valence-electron chi connectivity index (χ0n) is 11.3. The number of rotatable bonds is 2. The van der Waals surface area contributed by atoms with Crippen LogP contribution in [0.2, 0.25) is 0 Å². The molecule has 0 aliphatic carbocycles. The van der Waals surface area contributed by atoms with E-state index < -0.39 is 0 Å². The number of hydrogen-bond acceptors (Lipinski definition) is 3. The van der Waals surface area contributed by atoms with Gasteiger partial charge in [0.25, 0.3) is 0 Å². The number of fused-ring (bicyclic) bond motifs is 1. The third-order valence-electron chi connectivity index (χ3n) is 3.01. The van der Waals surface area contributed by atoms with E-state index in [2.05, 4.69) is 16.4 Å². The van der Waals surface area contributed by atoms with Crippen molar-refractivity contribution in [3.63, 3.8) is 0 Å². The first-order valence-corrected chi connectivity index (χ1v) is 7.19. The number of benzene rings is 2. The minimum absolute atomic E-state index is 0.0713. The highest BCUT2D eigenvalue weighted by atomic mass is 32.1. The van der Waals surface area contributed by atoms with E-state index in [-0.39, 0.29) is 5.91 Å². The van der Waals surface area contributed by atoms with Crippen molar-refractivity contribution < 1.29 is 4.79 Å². The fourth-order valence-corrected chi connectivity index (χ4v) is 3.13. The number of aromatic nitrogens is 1. The van der Waals surface area contributed by atoms with Crippen LogP contribution in [-0.2, 0) is 4.79 Å². The second-order valence-corrected chi connectivity index (χ2v) is 5.75. The molecule has 0 atom stereocenters. The van der Waals surface area contributed by atoms with Crippen LogP contribution in [0.25, 0.3) is 20.8 Å². The number of hydrogen-bond donors (Lipinski definition) is 1. The lowest BCUT2D eigenvalue weighted by Crippen LogP contribution is -2.07. The third-order valence-corrected chi connectivity index (χ3v) is 4.08. The molecule has 0 aliphatic rings. The Kier molecular flexibility index (Phi) is 3.24. The molecule has 2 aromatic carbocycles. The van der Waals surface area contributed by atoms with Crippen LogP contribution in [-0.4, -0.2) is 10.9 Å². The van der Waals surface area contributed by atoms with Crippen LogP contribution in [0.4, 0.5) is 5.69 Å². The third kappa shape index (κ3) is 2.42. The van der Waals surface area contributed by atoms with Crippen LogP contribution in [0.3, 0.4) is 0 Å². The number of aryl methyl sites for hydroxylation is 1. The number of carbonyl (C=O) groups excluding carboxylic acids is 1. The number of amides is 1. The van der Waals surface area contributed by atoms with E-state index in [0.717, 1.165) is 32.0 Å². The highest BCUT2D eigenvalue weighted by molar-refractivity contribution is 7.21. The van der Waals surface area contributed by atoms with Gasteiger partial charge in [0.15, 0.2) is 0 Å². The molecule has 3 rings (SSSR count). The summed E-state index contributed by atoms with van der Waals surface area (Å²) in [4.78, 5) is 16.0. The first-order valence-electron chi connectivity index (χ1n) is 6.37. The Morgan fingerprint density at radius 2 is 2.00 bits per heavy atom. The van der Waals surface area contributed by atoms with Gasteiger partial charge in [-0.2, -0.15) is 0 Å². The monoisotopic (exact) mass is 282 g/mol. The van der Waals surface area contributed by atoms with E-state index in [0.29, 0.717) is 0 Å². The second-order valence-electron chi connectivity index (χ2n) is 4.72. The Bertz CT molecular complexity index is 759. The summed E-state index contributed by atoms with van der Waals surface area (Å²) < 4.78 is 1.15. The molecule has 0 aliphatic heterocycles. The summed E-state index contributed by atoms with van der Waals surface area (Å²) in [5.74, 6) is -0.0713. The summed E-state index contributed by atoms with van der Waals surface area (Å²) in [6, 6.07) is 14.1. The predicted molar refractivity (Wildman–Crippen MR) is 84.1 cm³/mol. The lowest BCUT2D eigenvalue weighted by atomic mass is 10.1. The van der Waals surface area contributed by atoms with Crippen molar-refractivity contribution in [2.75, 3.05) is 5.32 Å². The SMILES string of the molecule is CC(=O)Nc1cc(C)ccc1-c1nc2ccccc2s1. The molecule has 0 saturated heterocycles. The average molecular weight is 282 g/mol. The van der Waals surface area contributed by atoms with Crippen LogP contribution in [0.1, 0.15) is 12.5 Å². The van der Waals surface area contributed by atoms with E-state index in [1.54, 1.807) is 11.3 Å². The van der Waals surface area contributed by atoms with Gasteiger partial charge in [0.2, 0.25) is 5.91 Å². The Morgan fingerprint density at radius 3 is 2.75 bits per heavy atom. The second kappa shape index (κ2) is 5.06. The normalized spacial score (nSPS) is 10.7. The van der Waals surface area contributed by atoms with Crippen molar-refractivity contribution in [3.8, 4) is 10.6 Å². The number of anilines is 1. The molecule has 1 heterocycles. The van der Waals surface area contributed by atoms with Crippen molar-refractivity contribution in [2.24, 2.45) is 0 Å². The van der Waals surface area contributed by atoms with Gasteiger partial charge in [-0.3, -0.25) is 4.79 Å². The molecule has 0 saturated carbocycles. The molecule has 0 bridgehead atoms. The lowest BCUT2D eigenvalue weighted by molar-refractivity contribution is -0.114. The smallest absolute Gasteiger partial charge is 0.221 e. The van der Waals surface area contributed by atoms with Crippen molar-refractivity contribution in [3.05, 3.63) is 48.0 Å². The molecule has 100 valence electrons. The van der Waals surface area contributed by atoms with Crippen LogP contribution >= 0.6 is 11.3 Å². The highest BCUT2D eigenvalue weighted by Crippen LogP contribution is 2.34. The molecule has 1 aromatic heterocycles. The van der Waals surface area contributed by atoms with Crippen molar-refractivity contribution in [1.29, 1.82) is 0 Å². The van der Waals surface area contributed by atoms with E-state index in [1.807, 2.05) is 43.3 Å². The number of nitrogens with one attached hydrogen (secondary N) is 1. The highest BCUT2D eigenvalue weighted by Gasteiger charge is 2.11. The molecular formula is C16H14N2OS. The largest absolute Gasteiger partial charge is 0.326 e. The number of para-hydroxylation sites is 1. The van der Waals surface area contributed by atoms with Gasteiger partial charge in [-0.05, 0) is 36.8 Å². The maximum absolute atomic E-state index is 11.4. The first kappa shape index (κ1) is 12.8. The van der Waals surface area contributed by atoms with Crippen LogP contribution in [0.5, 0.6) is 0 Å². The summed E-state index contributed by atoms with van der Waals surface area (Å²) in [6.07, 6.45) is 0. The van der Waals surface area contributed by atoms with Gasteiger partial charge in [-0.15, -0.1) is 11.3 Å². The number of nitrogens with zero attached hydrogens (tertiary/aromatic N) is 1. The maximum atomic E-state index is 11.4. The minimum atomic E-state index is -0.0713. The van der Waals surface area contributed by atoms with E-state index in [4.69, 9.17) is 0 Å². The van der Waals surface area contributed by atoms with Gasteiger partial charge in [-0.25, -0.2) is 4.98 Å². The fraction of sp³-hybridized carbons (Fsp3) is 0.125. The summed E-state index contributed by atoms with van der Waals surface area (Å²) in [7, 11) is 0. The average Bonchev–Trinajstić information content (AvgIpc) is 2.81. The molecule has 1 amide bonds. The van der Waals surface area contributed by atoms with Gasteiger partial charge >= 0.3 is 0 Å². The molecule has 0 unspecified atom stereocenters. The van der Waals surface area contributed by atoms with E-state index in [1.165, 1.54) is 6.92 Å². The Labute approximate surface area is 121 Å². The Hall–Kier alpha value is -2.20. The van der Waals surface area contributed by atoms with Crippen molar-refractivity contribution in [2.45, 2.75) is 13.8 Å². The maximum Gasteiger partial charge on any atom is 0.221 e. The molecule has 0 fully saturated rings. The minimum Gasteiger partial charge on any atom is -0.326 e. The lowest BCUT2D eigenvalue weighted by Gasteiger charge is -2.08. The number of thiazole rings is 1. The molecule has 1 N–H and O–H groups in total. The van der Waals surface area contributed by atoms with E-state index in [9.17, 15) is 4.79 Å². The number of carbonyl (C=O) groups is 1. The van der Waals surface area contributed by atoms with Gasteiger partial charge in [0, 0.05) is 12.5 Å². The zero-order valence-corrected chi connectivity index (χ0v) is 12.1. The van der Waals surface area contributed by atoms with Gasteiger partial charge in [0.1, 0.15) is 5.01 Å². The summed E-state index contributed by atoms with van der Waals surface area (Å²) in [6.45, 7) is 3.53. The quantitative estimate of drug-likeness (QED) is 0.764. The van der Waals surface area contributed by atoms with Crippen molar-refractivity contribution in [1.82, 2.24) is 4.98 Å².